The molecule has 0 saturated heterocycles. The van der Waals surface area contributed by atoms with Gasteiger partial charge in [0.1, 0.15) is 18.2 Å². The zero-order valence-electron chi connectivity index (χ0n) is 18.1. The lowest BCUT2D eigenvalue weighted by molar-refractivity contribution is -0.129. The lowest BCUT2D eigenvalue weighted by Crippen LogP contribution is -2.05. The number of aliphatic imine (C=N–C) groups is 1. The van der Waals surface area contributed by atoms with Crippen LogP contribution in [0.25, 0.3) is 17.2 Å². The van der Waals surface area contributed by atoms with Gasteiger partial charge in [0.25, 0.3) is 0 Å². The second kappa shape index (κ2) is 9.55. The van der Waals surface area contributed by atoms with Crippen LogP contribution in [0, 0.1) is 5.82 Å². The van der Waals surface area contributed by atoms with Crippen molar-refractivity contribution in [1.82, 2.24) is 0 Å². The molecule has 1 aliphatic rings. The van der Waals surface area contributed by atoms with Gasteiger partial charge in [0.05, 0.1) is 0 Å². The molecule has 4 aromatic carbocycles. The van der Waals surface area contributed by atoms with Crippen molar-refractivity contribution >= 4 is 17.9 Å². The van der Waals surface area contributed by atoms with Gasteiger partial charge >= 0.3 is 5.97 Å². The van der Waals surface area contributed by atoms with E-state index < -0.39 is 5.97 Å². The number of esters is 1. The first-order chi connectivity index (χ1) is 16.7. The lowest BCUT2D eigenvalue weighted by Gasteiger charge is -2.09. The minimum Gasteiger partial charge on any atom is -0.488 e. The van der Waals surface area contributed by atoms with Crippen molar-refractivity contribution < 1.29 is 18.7 Å². The Bertz CT molecular complexity index is 1380. The third-order valence-corrected chi connectivity index (χ3v) is 5.38. The zero-order valence-corrected chi connectivity index (χ0v) is 18.1. The van der Waals surface area contributed by atoms with E-state index in [1.807, 2.05) is 78.9 Å². The molecule has 0 N–H and O–H groups in total. The highest BCUT2D eigenvalue weighted by atomic mass is 19.1. The summed E-state index contributed by atoms with van der Waals surface area (Å²) in [6, 6.07) is 31.2. The van der Waals surface area contributed by atoms with Crippen LogP contribution in [0.3, 0.4) is 0 Å². The first-order valence-electron chi connectivity index (χ1n) is 10.8. The number of hydrogen-bond acceptors (Lipinski definition) is 4. The van der Waals surface area contributed by atoms with Gasteiger partial charge in [-0.3, -0.25) is 0 Å². The fourth-order valence-corrected chi connectivity index (χ4v) is 3.59. The number of carbonyl (C=O) groups is 1. The number of halogens is 1. The fraction of sp³-hybridized carbons (Fsp3) is 0.0345. The van der Waals surface area contributed by atoms with E-state index >= 15 is 0 Å². The van der Waals surface area contributed by atoms with Crippen LogP contribution in [0.2, 0.25) is 0 Å². The average molecular weight is 449 g/mol. The number of cyclic esters (lactones) is 1. The van der Waals surface area contributed by atoms with Crippen LogP contribution in [-0.4, -0.2) is 11.9 Å². The molecule has 0 saturated carbocycles. The third-order valence-electron chi connectivity index (χ3n) is 5.38. The van der Waals surface area contributed by atoms with Gasteiger partial charge < -0.3 is 9.47 Å². The molecule has 0 spiro atoms. The molecule has 1 aliphatic heterocycles. The van der Waals surface area contributed by atoms with Crippen LogP contribution in [-0.2, 0) is 16.1 Å². The minimum absolute atomic E-state index is 0.194. The smallest absolute Gasteiger partial charge is 0.363 e. The van der Waals surface area contributed by atoms with E-state index in [1.165, 1.54) is 12.1 Å². The second-order valence-electron chi connectivity index (χ2n) is 7.73. The van der Waals surface area contributed by atoms with Crippen LogP contribution in [0.15, 0.2) is 114 Å². The maximum absolute atomic E-state index is 13.1. The SMILES string of the molecule is O=C1OC(c2ccc(-c3ccccc3)cc2)=N/C1=C\c1ccccc1OCc1ccc(F)cc1. The molecule has 34 heavy (non-hydrogen) atoms. The van der Waals surface area contributed by atoms with Crippen LogP contribution in [0.1, 0.15) is 16.7 Å². The quantitative estimate of drug-likeness (QED) is 0.252. The molecule has 0 bridgehead atoms. The van der Waals surface area contributed by atoms with Crippen LogP contribution >= 0.6 is 0 Å². The monoisotopic (exact) mass is 449 g/mol. The van der Waals surface area contributed by atoms with Crippen molar-refractivity contribution in [3.8, 4) is 16.9 Å². The van der Waals surface area contributed by atoms with Gasteiger partial charge in [-0.15, -0.1) is 0 Å². The molecule has 0 fully saturated rings. The summed E-state index contributed by atoms with van der Waals surface area (Å²) in [6.07, 6.45) is 1.65. The van der Waals surface area contributed by atoms with E-state index in [1.54, 1.807) is 18.2 Å². The Kier molecular flexibility index (Phi) is 5.99. The highest BCUT2D eigenvalue weighted by molar-refractivity contribution is 6.13. The Morgan fingerprint density at radius 3 is 2.18 bits per heavy atom. The summed E-state index contributed by atoms with van der Waals surface area (Å²) in [7, 11) is 0. The molecule has 0 aromatic heterocycles. The summed E-state index contributed by atoms with van der Waals surface area (Å²) in [6.45, 7) is 0.271. The van der Waals surface area contributed by atoms with Gasteiger partial charge in [-0.05, 0) is 53.1 Å². The number of benzene rings is 4. The summed E-state index contributed by atoms with van der Waals surface area (Å²) < 4.78 is 24.5. The van der Waals surface area contributed by atoms with E-state index in [4.69, 9.17) is 9.47 Å². The summed E-state index contributed by atoms with van der Waals surface area (Å²) in [4.78, 5) is 16.9. The number of hydrogen-bond donors (Lipinski definition) is 0. The molecule has 0 unspecified atom stereocenters. The number of carbonyl (C=O) groups excluding carboxylic acids is 1. The van der Waals surface area contributed by atoms with Crippen LogP contribution in [0.4, 0.5) is 4.39 Å². The van der Waals surface area contributed by atoms with Crippen LogP contribution in [0.5, 0.6) is 5.75 Å². The standard InChI is InChI=1S/C29H20FNO3/c30-25-16-10-20(11-17-25)19-33-27-9-5-4-8-24(27)18-26-29(32)34-28(31-26)23-14-12-22(13-15-23)21-6-2-1-3-7-21/h1-18H,19H2/b26-18-. The normalized spacial score (nSPS) is 14.1. The molecule has 0 aliphatic carbocycles. The lowest BCUT2D eigenvalue weighted by atomic mass is 10.0. The highest BCUT2D eigenvalue weighted by Crippen LogP contribution is 2.26. The zero-order chi connectivity index (χ0) is 23.3. The number of rotatable bonds is 6. The van der Waals surface area contributed by atoms with Crippen LogP contribution < -0.4 is 4.74 Å². The maximum atomic E-state index is 13.1. The maximum Gasteiger partial charge on any atom is 0.363 e. The minimum atomic E-state index is -0.518. The number of nitrogens with zero attached hydrogens (tertiary/aromatic N) is 1. The fourth-order valence-electron chi connectivity index (χ4n) is 3.59. The van der Waals surface area contributed by atoms with Gasteiger partial charge in [-0.25, -0.2) is 14.2 Å². The van der Waals surface area contributed by atoms with E-state index in [0.29, 0.717) is 11.3 Å². The van der Waals surface area contributed by atoms with Crippen molar-refractivity contribution in [2.75, 3.05) is 0 Å². The Morgan fingerprint density at radius 2 is 1.41 bits per heavy atom. The van der Waals surface area contributed by atoms with Gasteiger partial charge in [-0.1, -0.05) is 72.8 Å². The molecule has 1 heterocycles. The summed E-state index contributed by atoms with van der Waals surface area (Å²) in [5.41, 5.74) is 4.62. The number of ether oxygens (including phenoxy) is 2. The van der Waals surface area contributed by atoms with E-state index in [9.17, 15) is 9.18 Å². The van der Waals surface area contributed by atoms with Gasteiger partial charge in [0.2, 0.25) is 5.90 Å². The van der Waals surface area contributed by atoms with E-state index in [2.05, 4.69) is 4.99 Å². The van der Waals surface area contributed by atoms with Gasteiger partial charge in [0.15, 0.2) is 5.70 Å². The Morgan fingerprint density at radius 1 is 0.765 bits per heavy atom. The Labute approximate surface area is 196 Å². The highest BCUT2D eigenvalue weighted by Gasteiger charge is 2.24. The van der Waals surface area contributed by atoms with Crippen molar-refractivity contribution in [3.05, 3.63) is 131 Å². The predicted octanol–water partition coefficient (Wildman–Crippen LogP) is 6.42. The van der Waals surface area contributed by atoms with Crippen molar-refractivity contribution in [2.24, 2.45) is 4.99 Å². The molecular weight excluding hydrogens is 429 g/mol. The first-order valence-corrected chi connectivity index (χ1v) is 10.8. The van der Waals surface area contributed by atoms with Gasteiger partial charge in [-0.2, -0.15) is 0 Å². The van der Waals surface area contributed by atoms with Crippen molar-refractivity contribution in [3.63, 3.8) is 0 Å². The molecule has 0 radical (unpaired) electrons. The molecule has 5 rings (SSSR count). The predicted molar refractivity (Wildman–Crippen MR) is 130 cm³/mol. The molecule has 0 amide bonds. The number of para-hydroxylation sites is 1. The molecule has 4 aromatic rings. The Hall–Kier alpha value is -4.51. The summed E-state index contributed by atoms with van der Waals surface area (Å²) >= 11 is 0. The second-order valence-corrected chi connectivity index (χ2v) is 7.73. The third kappa shape index (κ3) is 4.79. The van der Waals surface area contributed by atoms with E-state index in [0.717, 1.165) is 22.3 Å². The summed E-state index contributed by atoms with van der Waals surface area (Å²) in [5.74, 6) is 0.0380. The van der Waals surface area contributed by atoms with Gasteiger partial charge in [0, 0.05) is 11.1 Å². The molecule has 5 heteroatoms. The van der Waals surface area contributed by atoms with E-state index in [-0.39, 0.29) is 24.0 Å². The molecule has 4 nitrogen and oxygen atoms in total. The largest absolute Gasteiger partial charge is 0.488 e. The topological polar surface area (TPSA) is 47.9 Å². The molecule has 0 atom stereocenters. The molecule has 166 valence electrons. The molecular formula is C29H20FNO3. The average Bonchev–Trinajstić information content (AvgIpc) is 3.25. The summed E-state index contributed by atoms with van der Waals surface area (Å²) in [5, 5.41) is 0. The van der Waals surface area contributed by atoms with Crippen molar-refractivity contribution in [2.45, 2.75) is 6.61 Å². The van der Waals surface area contributed by atoms with Crippen molar-refractivity contribution in [1.29, 1.82) is 0 Å². The Balaban J connectivity index is 1.35. The first kappa shape index (κ1) is 21.3.